The van der Waals surface area contributed by atoms with Gasteiger partial charge in [-0.15, -0.1) is 0 Å². The lowest BCUT2D eigenvalue weighted by molar-refractivity contribution is -0.344. The molecule has 16 heteroatoms. The number of hydrogen-bond donors (Lipinski definition) is 2. The molecule has 3 aliphatic heterocycles. The highest BCUT2D eigenvalue weighted by Crippen LogP contribution is 2.37. The fourth-order valence-electron chi connectivity index (χ4n) is 7.86. The molecule has 2 N–H and O–H groups in total. The molecule has 56 heavy (non-hydrogen) atoms. The van der Waals surface area contributed by atoms with Crippen molar-refractivity contribution in [2.75, 3.05) is 21.2 Å². The van der Waals surface area contributed by atoms with Gasteiger partial charge in [0, 0.05) is 45.6 Å². The third-order valence-electron chi connectivity index (χ3n) is 10.5. The van der Waals surface area contributed by atoms with Crippen molar-refractivity contribution in [2.24, 2.45) is 17.8 Å². The summed E-state index contributed by atoms with van der Waals surface area (Å²) in [5.41, 5.74) is -1.50. The van der Waals surface area contributed by atoms with Crippen molar-refractivity contribution >= 4 is 30.0 Å². The van der Waals surface area contributed by atoms with Gasteiger partial charge in [-0.2, -0.15) is 0 Å². The lowest BCUT2D eigenvalue weighted by Gasteiger charge is -2.50. The summed E-state index contributed by atoms with van der Waals surface area (Å²) in [6.07, 6.45) is -7.41. The van der Waals surface area contributed by atoms with Gasteiger partial charge < -0.3 is 57.8 Å². The molecular formula is C40H65NO15. The van der Waals surface area contributed by atoms with Crippen molar-refractivity contribution in [3.05, 3.63) is 12.2 Å². The third kappa shape index (κ3) is 13.1. The molecule has 0 amide bonds. The summed E-state index contributed by atoms with van der Waals surface area (Å²) < 4.78 is 48.2. The Morgan fingerprint density at radius 3 is 2.29 bits per heavy atom. The molecule has 16 nitrogen and oxygen atoms in total. The smallest absolute Gasteiger partial charge is 0.309 e. The molecule has 3 aliphatic rings. The van der Waals surface area contributed by atoms with Crippen LogP contribution in [-0.2, 0) is 61.9 Å². The molecule has 0 bridgehead atoms. The standard InChI is InChI=1S/C40H65NO15/c1-21(2)17-30(45)54-38-25(6)51-32(20-40(38,8)48)55-35-24(5)52-39(34(47)33(35)41(9)10)56-36-27(15-16-42)18-22(3)28(44)14-12-13-23(4)50-31(46)19-29(37(36)49-11)53-26(7)43/h12,14,16,21-25,27,29,32-39,47-48H,13,15,17-20H2,1-11H3/b14-12+/t22-,23-,24-,25+,27+,29-,32+,33-,34-,35-,36?,37+,38+,39+,40-/m1/s1. The van der Waals surface area contributed by atoms with Crippen LogP contribution in [0.25, 0.3) is 0 Å². The third-order valence-corrected chi connectivity index (χ3v) is 10.5. The van der Waals surface area contributed by atoms with Crippen LogP contribution in [0.5, 0.6) is 0 Å². The predicted octanol–water partition coefficient (Wildman–Crippen LogP) is 2.67. The molecular weight excluding hydrogens is 734 g/mol. The highest BCUT2D eigenvalue weighted by Gasteiger charge is 2.53. The molecule has 15 atom stereocenters. The van der Waals surface area contributed by atoms with Gasteiger partial charge in [-0.3, -0.25) is 19.2 Å². The van der Waals surface area contributed by atoms with Crippen LogP contribution in [0.4, 0.5) is 0 Å². The number of aldehydes is 1. The first-order valence-corrected chi connectivity index (χ1v) is 19.6. The first-order chi connectivity index (χ1) is 26.2. The second kappa shape index (κ2) is 21.3. The maximum Gasteiger partial charge on any atom is 0.309 e. The topological polar surface area (TPSA) is 203 Å². The number of aliphatic hydroxyl groups excluding tert-OH is 1. The van der Waals surface area contributed by atoms with Gasteiger partial charge in [-0.1, -0.05) is 26.8 Å². The average molecular weight is 800 g/mol. The van der Waals surface area contributed by atoms with Crippen molar-refractivity contribution in [1.29, 1.82) is 0 Å². The number of ether oxygens (including phenoxy) is 8. The van der Waals surface area contributed by atoms with Crippen molar-refractivity contribution in [1.82, 2.24) is 4.90 Å². The molecule has 1 unspecified atom stereocenters. The minimum atomic E-state index is -1.50. The largest absolute Gasteiger partial charge is 0.462 e. The number of rotatable bonds is 12. The van der Waals surface area contributed by atoms with Crippen molar-refractivity contribution in [3.63, 3.8) is 0 Å². The van der Waals surface area contributed by atoms with E-state index < -0.39 is 115 Å². The summed E-state index contributed by atoms with van der Waals surface area (Å²) >= 11 is 0. The molecule has 0 radical (unpaired) electrons. The Morgan fingerprint density at radius 2 is 1.71 bits per heavy atom. The number of likely N-dealkylation sites (N-methyl/N-ethyl adjacent to an activating group) is 1. The molecule has 0 spiro atoms. The number of cyclic esters (lactones) is 1. The molecule has 0 aromatic heterocycles. The number of esters is 3. The molecule has 0 saturated carbocycles. The Bertz CT molecular complexity index is 1350. The van der Waals surface area contributed by atoms with Gasteiger partial charge in [0.1, 0.15) is 42.4 Å². The van der Waals surface area contributed by atoms with Crippen molar-refractivity contribution in [2.45, 2.75) is 173 Å². The summed E-state index contributed by atoms with van der Waals surface area (Å²) in [6.45, 7) is 13.3. The van der Waals surface area contributed by atoms with Gasteiger partial charge >= 0.3 is 17.9 Å². The van der Waals surface area contributed by atoms with Gasteiger partial charge in [0.2, 0.25) is 0 Å². The molecule has 0 aliphatic carbocycles. The number of allylic oxidation sites excluding steroid dienone is 1. The maximum atomic E-state index is 13.2. The molecule has 2 saturated heterocycles. The lowest BCUT2D eigenvalue weighted by atomic mass is 9.82. The van der Waals surface area contributed by atoms with Crippen molar-refractivity contribution in [3.8, 4) is 0 Å². The van der Waals surface area contributed by atoms with Crippen LogP contribution in [0.1, 0.15) is 93.9 Å². The van der Waals surface area contributed by atoms with E-state index in [1.165, 1.54) is 20.1 Å². The van der Waals surface area contributed by atoms with E-state index >= 15 is 0 Å². The Hall–Kier alpha value is -2.83. The minimum absolute atomic E-state index is 0.0494. The van der Waals surface area contributed by atoms with Gasteiger partial charge in [-0.05, 0) is 66.1 Å². The zero-order valence-corrected chi connectivity index (χ0v) is 34.8. The normalized spacial score (nSPS) is 39.7. The molecule has 2 fully saturated rings. The van der Waals surface area contributed by atoms with Crippen LogP contribution in [0.2, 0.25) is 0 Å². The molecule has 0 aromatic carbocycles. The number of hydrogen-bond acceptors (Lipinski definition) is 16. The number of carbonyl (C=O) groups excluding carboxylic acids is 5. The van der Waals surface area contributed by atoms with Crippen LogP contribution in [0, 0.1) is 17.8 Å². The van der Waals surface area contributed by atoms with E-state index in [1.54, 1.807) is 59.7 Å². The van der Waals surface area contributed by atoms with Crippen LogP contribution < -0.4 is 0 Å². The highest BCUT2D eigenvalue weighted by atomic mass is 16.7. The number of carbonyl (C=O) groups is 5. The van der Waals surface area contributed by atoms with E-state index in [0.717, 1.165) is 0 Å². The predicted molar refractivity (Wildman–Crippen MR) is 200 cm³/mol. The first-order valence-electron chi connectivity index (χ1n) is 19.6. The van der Waals surface area contributed by atoms with E-state index in [4.69, 9.17) is 37.9 Å². The lowest BCUT2D eigenvalue weighted by Crippen LogP contribution is -2.66. The summed E-state index contributed by atoms with van der Waals surface area (Å²) in [5, 5.41) is 23.4. The maximum absolute atomic E-state index is 13.2. The summed E-state index contributed by atoms with van der Waals surface area (Å²) in [5.74, 6) is -3.29. The highest BCUT2D eigenvalue weighted by molar-refractivity contribution is 5.91. The number of nitrogens with zero attached hydrogens (tertiary/aromatic N) is 1. The number of aliphatic hydroxyl groups is 2. The fraction of sp³-hybridized carbons (Fsp3) is 0.825. The van der Waals surface area contributed by atoms with Gasteiger partial charge in [0.15, 0.2) is 24.5 Å². The molecule has 3 rings (SSSR count). The fourth-order valence-corrected chi connectivity index (χ4v) is 7.86. The van der Waals surface area contributed by atoms with E-state index in [2.05, 4.69) is 0 Å². The van der Waals surface area contributed by atoms with E-state index in [9.17, 15) is 34.2 Å². The second-order valence-corrected chi connectivity index (χ2v) is 16.4. The number of ketones is 1. The Balaban J connectivity index is 1.96. The van der Waals surface area contributed by atoms with Crippen LogP contribution in [-0.4, -0.2) is 145 Å². The van der Waals surface area contributed by atoms with E-state index in [-0.39, 0.29) is 43.8 Å². The summed E-state index contributed by atoms with van der Waals surface area (Å²) in [7, 11) is 4.82. The zero-order valence-electron chi connectivity index (χ0n) is 34.8. The van der Waals surface area contributed by atoms with Gasteiger partial charge in [0.25, 0.3) is 0 Å². The van der Waals surface area contributed by atoms with Crippen LogP contribution in [0.3, 0.4) is 0 Å². The van der Waals surface area contributed by atoms with Gasteiger partial charge in [0.05, 0.1) is 30.8 Å². The number of methoxy groups -OCH3 is 1. The SMILES string of the molecule is CO[C@@H]1C(O[C@@H]2O[C@H](C)[C@@H](O[C@H]3C[C@@](C)(O)[C@@H](OC(=O)CC(C)C)[C@H](C)O3)[C@H](N(C)C)[C@H]2O)[C@@H](CC=O)C[C@@H](C)C(=O)/C=C/C[C@@H](C)OC(=O)C[C@H]1OC(C)=O. The van der Waals surface area contributed by atoms with Crippen molar-refractivity contribution < 1.29 is 72.1 Å². The summed E-state index contributed by atoms with van der Waals surface area (Å²) in [6, 6.07) is -0.787. The van der Waals surface area contributed by atoms with Gasteiger partial charge in [-0.25, -0.2) is 0 Å². The van der Waals surface area contributed by atoms with Crippen LogP contribution in [0.15, 0.2) is 12.2 Å². The molecule has 3 heterocycles. The first kappa shape index (κ1) is 47.5. The summed E-state index contributed by atoms with van der Waals surface area (Å²) in [4.78, 5) is 65.1. The van der Waals surface area contributed by atoms with E-state index in [1.807, 2.05) is 13.8 Å². The quantitative estimate of drug-likeness (QED) is 0.166. The Morgan fingerprint density at radius 1 is 1.04 bits per heavy atom. The minimum Gasteiger partial charge on any atom is -0.462 e. The van der Waals surface area contributed by atoms with Crippen LogP contribution >= 0.6 is 0 Å². The monoisotopic (exact) mass is 799 g/mol. The molecule has 320 valence electrons. The van der Waals surface area contributed by atoms with E-state index in [0.29, 0.717) is 6.29 Å². The molecule has 0 aromatic rings. The Labute approximate surface area is 330 Å². The average Bonchev–Trinajstić information content (AvgIpc) is 3.06. The zero-order chi connectivity index (χ0) is 42.1. The second-order valence-electron chi connectivity index (χ2n) is 16.4. The Kier molecular flexibility index (Phi) is 18.0.